The molecule has 0 aromatic carbocycles. The normalized spacial score (nSPS) is 8.80. The Bertz CT molecular complexity index is 169. The molecular weight excluding hydrogens is 307 g/mol. The van der Waals surface area contributed by atoms with Crippen LogP contribution >= 0.6 is 24.4 Å². The zero-order valence-electron chi connectivity index (χ0n) is 8.25. The van der Waals surface area contributed by atoms with Crippen LogP contribution in [-0.2, 0) is 42.3 Å². The van der Waals surface area contributed by atoms with Gasteiger partial charge in [-0.15, -0.1) is 0 Å². The van der Waals surface area contributed by atoms with Crippen molar-refractivity contribution in [3.8, 4) is 0 Å². The number of hydrogen-bond acceptors (Lipinski definition) is 4. The molecule has 15 heavy (non-hydrogen) atoms. The Kier molecular flexibility index (Phi) is 15.5. The van der Waals surface area contributed by atoms with Crippen LogP contribution in [-0.4, -0.2) is 21.7 Å². The van der Waals surface area contributed by atoms with Crippen LogP contribution in [0.1, 0.15) is 25.7 Å². The van der Waals surface area contributed by atoms with Crippen LogP contribution in [0, 0.1) is 0 Å². The molecule has 87 valence electrons. The average Bonchev–Trinajstić information content (AvgIpc) is 2.08. The zero-order valence-corrected chi connectivity index (χ0v) is 12.7. The molecule has 0 atom stereocenters. The van der Waals surface area contributed by atoms with Gasteiger partial charge in [0.2, 0.25) is 0 Å². The molecule has 0 fully saturated rings. The first kappa shape index (κ1) is 18.1. The molecule has 0 aromatic heterocycles. The molecule has 0 heterocycles. The minimum absolute atomic E-state index is 0. The fraction of sp³-hybridized carbons (Fsp3) is 0.750. The minimum Gasteiger partial charge on any atom is -0.412 e. The first-order valence-electron chi connectivity index (χ1n) is 4.52. The molecule has 0 aliphatic rings. The van der Waals surface area contributed by atoms with E-state index in [9.17, 15) is 0 Å². The van der Waals surface area contributed by atoms with Crippen molar-refractivity contribution < 1.29 is 17.1 Å². The summed E-state index contributed by atoms with van der Waals surface area (Å²) >= 11 is 18.8. The number of rotatable bonds is 7. The summed E-state index contributed by atoms with van der Waals surface area (Å²) in [5.41, 5.74) is 0. The minimum atomic E-state index is 0. The van der Waals surface area contributed by atoms with Crippen LogP contribution in [0.4, 0.5) is 0 Å². The third-order valence-electron chi connectivity index (χ3n) is 1.64. The summed E-state index contributed by atoms with van der Waals surface area (Å²) < 4.78 is 0.922. The first-order valence-corrected chi connectivity index (χ1v) is 6.16. The molecule has 2 N–H and O–H groups in total. The van der Waals surface area contributed by atoms with Crippen LogP contribution in [0.3, 0.4) is 0 Å². The Balaban J connectivity index is 0. The molecule has 0 aliphatic carbocycles. The van der Waals surface area contributed by atoms with E-state index in [1.54, 1.807) is 0 Å². The van der Waals surface area contributed by atoms with Crippen LogP contribution in [0.25, 0.3) is 0 Å². The Morgan fingerprint density at radius 3 is 1.40 bits per heavy atom. The van der Waals surface area contributed by atoms with Crippen molar-refractivity contribution in [2.45, 2.75) is 25.7 Å². The van der Waals surface area contributed by atoms with Gasteiger partial charge in [0.15, 0.2) is 0 Å². The molecule has 0 aliphatic heterocycles. The van der Waals surface area contributed by atoms with E-state index in [1.165, 1.54) is 12.8 Å². The fourth-order valence-electron chi connectivity index (χ4n) is 0.984. The third-order valence-corrected chi connectivity index (χ3v) is 2.22. The van der Waals surface area contributed by atoms with Crippen LogP contribution < -0.4 is 10.6 Å². The maximum absolute atomic E-state index is 4.71. The quantitative estimate of drug-likeness (QED) is 0.318. The second-order valence-corrected chi connectivity index (χ2v) is 4.99. The van der Waals surface area contributed by atoms with E-state index in [0.29, 0.717) is 8.64 Å². The molecule has 7 heteroatoms. The number of thiocarbonyl (C=S) groups is 2. The van der Waals surface area contributed by atoms with Crippen LogP contribution in [0.2, 0.25) is 0 Å². The molecule has 0 spiro atoms. The van der Waals surface area contributed by atoms with Gasteiger partial charge in [-0.05, 0) is 12.8 Å². The summed E-state index contributed by atoms with van der Waals surface area (Å²) in [5, 5.41) is 5.90. The Morgan fingerprint density at radius 2 is 1.13 bits per heavy atom. The van der Waals surface area contributed by atoms with Gasteiger partial charge in [-0.3, -0.25) is 0 Å². The summed E-state index contributed by atoms with van der Waals surface area (Å²) in [6, 6.07) is 0. The molecule has 0 aromatic rings. The maximum Gasteiger partial charge on any atom is 2.00 e. The molecule has 0 saturated carbocycles. The number of nitrogens with one attached hydrogen (secondary N) is 2. The largest absolute Gasteiger partial charge is 2.00 e. The third kappa shape index (κ3) is 17.4. The van der Waals surface area contributed by atoms with E-state index in [2.05, 4.69) is 10.6 Å². The standard InChI is InChI=1S/C8H16N2S4.Mn/c11-7(12)9-5-3-1-2-4-6-10-8(13)14;/h1-6H2,(H2,9,11,12)(H2,10,13,14);/q;+2/p-2. The van der Waals surface area contributed by atoms with E-state index in [-0.39, 0.29) is 17.1 Å². The molecule has 2 nitrogen and oxygen atoms in total. The monoisotopic (exact) mass is 321 g/mol. The Hall–Kier alpha value is 0.739. The SMILES string of the molecule is S=C([S-])NCCCCCCNC(=S)[S-].[Mn+2]. The maximum atomic E-state index is 4.71. The van der Waals surface area contributed by atoms with Crippen LogP contribution in [0.15, 0.2) is 0 Å². The van der Waals surface area contributed by atoms with Gasteiger partial charge in [-0.2, -0.15) is 0 Å². The molecule has 0 saturated heterocycles. The van der Waals surface area contributed by atoms with Gasteiger partial charge in [-0.25, -0.2) is 0 Å². The van der Waals surface area contributed by atoms with Crippen molar-refractivity contribution in [2.75, 3.05) is 13.1 Å². The topological polar surface area (TPSA) is 24.1 Å². The van der Waals surface area contributed by atoms with Crippen molar-refractivity contribution in [2.24, 2.45) is 0 Å². The van der Waals surface area contributed by atoms with Gasteiger partial charge in [0.25, 0.3) is 0 Å². The van der Waals surface area contributed by atoms with Crippen LogP contribution in [0.5, 0.6) is 0 Å². The summed E-state index contributed by atoms with van der Waals surface area (Å²) in [5.74, 6) is 0. The van der Waals surface area contributed by atoms with Crippen molar-refractivity contribution in [3.63, 3.8) is 0 Å². The second kappa shape index (κ2) is 12.8. The zero-order chi connectivity index (χ0) is 10.8. The second-order valence-electron chi connectivity index (χ2n) is 2.84. The van der Waals surface area contributed by atoms with Gasteiger partial charge in [0, 0.05) is 13.1 Å². The molecule has 1 radical (unpaired) electrons. The number of unbranched alkanes of at least 4 members (excludes halogenated alkanes) is 3. The summed E-state index contributed by atoms with van der Waals surface area (Å²) in [4.78, 5) is 0. The molecule has 0 amide bonds. The predicted molar refractivity (Wildman–Crippen MR) is 74.4 cm³/mol. The predicted octanol–water partition coefficient (Wildman–Crippen LogP) is 1.39. The molecule has 0 unspecified atom stereocenters. The average molecular weight is 321 g/mol. The smallest absolute Gasteiger partial charge is 0.412 e. The van der Waals surface area contributed by atoms with Crippen molar-refractivity contribution in [1.29, 1.82) is 0 Å². The summed E-state index contributed by atoms with van der Waals surface area (Å²) in [7, 11) is 0. The van der Waals surface area contributed by atoms with Gasteiger partial charge >= 0.3 is 17.1 Å². The van der Waals surface area contributed by atoms with Gasteiger partial charge < -0.3 is 60.3 Å². The van der Waals surface area contributed by atoms with E-state index < -0.39 is 0 Å². The van der Waals surface area contributed by atoms with Crippen molar-refractivity contribution in [3.05, 3.63) is 0 Å². The Morgan fingerprint density at radius 1 is 0.800 bits per heavy atom. The van der Waals surface area contributed by atoms with E-state index in [0.717, 1.165) is 25.9 Å². The fourth-order valence-corrected chi connectivity index (χ4v) is 1.39. The molecular formula is C8H14MnN2S4. The summed E-state index contributed by atoms with van der Waals surface area (Å²) in [6.45, 7) is 1.77. The van der Waals surface area contributed by atoms with Gasteiger partial charge in [0.1, 0.15) is 0 Å². The summed E-state index contributed by atoms with van der Waals surface area (Å²) in [6.07, 6.45) is 4.57. The van der Waals surface area contributed by atoms with E-state index >= 15 is 0 Å². The molecule has 0 bridgehead atoms. The Labute approximate surface area is 124 Å². The van der Waals surface area contributed by atoms with Gasteiger partial charge in [0.05, 0.1) is 0 Å². The molecule has 0 rings (SSSR count). The van der Waals surface area contributed by atoms with E-state index in [1.807, 2.05) is 0 Å². The van der Waals surface area contributed by atoms with Crippen molar-refractivity contribution in [1.82, 2.24) is 10.6 Å². The van der Waals surface area contributed by atoms with Crippen molar-refractivity contribution >= 4 is 58.3 Å². The van der Waals surface area contributed by atoms with E-state index in [4.69, 9.17) is 49.7 Å². The van der Waals surface area contributed by atoms with Gasteiger partial charge in [-0.1, -0.05) is 21.5 Å². The first-order chi connectivity index (χ1) is 6.63. The number of hydrogen-bond donors (Lipinski definition) is 2.